The van der Waals surface area contributed by atoms with Gasteiger partial charge in [0.15, 0.2) is 0 Å². The molecule has 0 aliphatic rings. The Balaban J connectivity index is 2.32. The Bertz CT molecular complexity index is 547. The molecule has 2 aromatic rings. The van der Waals surface area contributed by atoms with E-state index in [2.05, 4.69) is 35.4 Å². The second kappa shape index (κ2) is 5.95. The normalized spacial score (nSPS) is 12.6. The number of nitrogens with two attached hydrogens (primary N) is 1. The molecule has 5 heteroatoms. The summed E-state index contributed by atoms with van der Waals surface area (Å²) < 4.78 is 1.93. The van der Waals surface area contributed by atoms with Crippen LogP contribution in [-0.4, -0.2) is 14.8 Å². The first kappa shape index (κ1) is 13.7. The van der Waals surface area contributed by atoms with Gasteiger partial charge in [0.1, 0.15) is 0 Å². The first-order valence-corrected chi connectivity index (χ1v) is 6.57. The Kier molecular flexibility index (Phi) is 4.29. The van der Waals surface area contributed by atoms with Gasteiger partial charge in [0.25, 0.3) is 0 Å². The standard InChI is InChI=1S/C14H21N5/c1-4-5-19-9-12(8-17-19)14(18-15)13-11(3)6-10(2)7-16-13/h6-9,14,18H,4-5,15H2,1-3H3. The quantitative estimate of drug-likeness (QED) is 0.635. The molecule has 2 heterocycles. The lowest BCUT2D eigenvalue weighted by Crippen LogP contribution is -2.30. The van der Waals surface area contributed by atoms with Crippen LogP contribution in [0, 0.1) is 13.8 Å². The van der Waals surface area contributed by atoms with E-state index >= 15 is 0 Å². The van der Waals surface area contributed by atoms with Gasteiger partial charge in [0.2, 0.25) is 0 Å². The minimum absolute atomic E-state index is 0.119. The summed E-state index contributed by atoms with van der Waals surface area (Å²) in [5.41, 5.74) is 7.10. The summed E-state index contributed by atoms with van der Waals surface area (Å²) in [6.07, 6.45) is 6.79. The summed E-state index contributed by atoms with van der Waals surface area (Å²) in [6, 6.07) is 1.99. The van der Waals surface area contributed by atoms with Crippen LogP contribution in [0.15, 0.2) is 24.7 Å². The molecule has 5 nitrogen and oxygen atoms in total. The molecule has 0 aliphatic carbocycles. The molecule has 0 saturated heterocycles. The Morgan fingerprint density at radius 1 is 1.37 bits per heavy atom. The topological polar surface area (TPSA) is 68.8 Å². The maximum absolute atomic E-state index is 5.70. The Labute approximate surface area is 113 Å². The smallest absolute Gasteiger partial charge is 0.0914 e. The van der Waals surface area contributed by atoms with Crippen molar-refractivity contribution < 1.29 is 0 Å². The Morgan fingerprint density at radius 3 is 2.79 bits per heavy atom. The van der Waals surface area contributed by atoms with Gasteiger partial charge in [-0.1, -0.05) is 13.0 Å². The summed E-state index contributed by atoms with van der Waals surface area (Å²) in [4.78, 5) is 4.50. The van der Waals surface area contributed by atoms with Gasteiger partial charge in [-0.25, -0.2) is 5.43 Å². The largest absolute Gasteiger partial charge is 0.272 e. The van der Waals surface area contributed by atoms with Gasteiger partial charge in [-0.2, -0.15) is 5.10 Å². The molecule has 0 bridgehead atoms. The summed E-state index contributed by atoms with van der Waals surface area (Å²) >= 11 is 0. The number of hydrogen-bond donors (Lipinski definition) is 2. The molecule has 0 aliphatic heterocycles. The van der Waals surface area contributed by atoms with Gasteiger partial charge >= 0.3 is 0 Å². The second-order valence-electron chi connectivity index (χ2n) is 4.85. The predicted octanol–water partition coefficient (Wildman–Crippen LogP) is 1.86. The fourth-order valence-corrected chi connectivity index (χ4v) is 2.24. The SMILES string of the molecule is CCCn1cc(C(NN)c2ncc(C)cc2C)cn1. The lowest BCUT2D eigenvalue weighted by molar-refractivity contribution is 0.594. The van der Waals surface area contributed by atoms with E-state index in [1.54, 1.807) is 0 Å². The fraction of sp³-hybridized carbons (Fsp3) is 0.429. The maximum Gasteiger partial charge on any atom is 0.0914 e. The van der Waals surface area contributed by atoms with Gasteiger partial charge in [-0.15, -0.1) is 0 Å². The third-order valence-electron chi connectivity index (χ3n) is 3.13. The van der Waals surface area contributed by atoms with Crippen molar-refractivity contribution in [2.75, 3.05) is 0 Å². The molecule has 0 fully saturated rings. The second-order valence-corrected chi connectivity index (χ2v) is 4.85. The number of nitrogens with one attached hydrogen (secondary N) is 1. The fourth-order valence-electron chi connectivity index (χ4n) is 2.24. The van der Waals surface area contributed by atoms with Crippen LogP contribution in [0.4, 0.5) is 0 Å². The molecular weight excluding hydrogens is 238 g/mol. The lowest BCUT2D eigenvalue weighted by atomic mass is 10.0. The van der Waals surface area contributed by atoms with Crippen LogP contribution >= 0.6 is 0 Å². The summed E-state index contributed by atoms with van der Waals surface area (Å²) in [5.74, 6) is 5.70. The molecule has 0 amide bonds. The van der Waals surface area contributed by atoms with Crippen LogP contribution in [0.2, 0.25) is 0 Å². The number of pyridine rings is 1. The first-order valence-electron chi connectivity index (χ1n) is 6.57. The average molecular weight is 259 g/mol. The van der Waals surface area contributed by atoms with Crippen molar-refractivity contribution in [1.29, 1.82) is 0 Å². The van der Waals surface area contributed by atoms with E-state index in [-0.39, 0.29) is 6.04 Å². The number of rotatable bonds is 5. The molecule has 0 spiro atoms. The van der Waals surface area contributed by atoms with Crippen LogP contribution < -0.4 is 11.3 Å². The molecule has 3 N–H and O–H groups in total. The van der Waals surface area contributed by atoms with Gasteiger partial charge in [-0.05, 0) is 31.4 Å². The van der Waals surface area contributed by atoms with Crippen molar-refractivity contribution in [3.63, 3.8) is 0 Å². The Hall–Kier alpha value is -1.72. The zero-order valence-corrected chi connectivity index (χ0v) is 11.7. The molecule has 0 aromatic carbocycles. The van der Waals surface area contributed by atoms with E-state index in [0.29, 0.717) is 0 Å². The van der Waals surface area contributed by atoms with Crippen molar-refractivity contribution in [3.05, 3.63) is 47.0 Å². The molecule has 1 atom stereocenters. The highest BCUT2D eigenvalue weighted by molar-refractivity contribution is 5.31. The monoisotopic (exact) mass is 259 g/mol. The predicted molar refractivity (Wildman–Crippen MR) is 75.4 cm³/mol. The van der Waals surface area contributed by atoms with E-state index in [9.17, 15) is 0 Å². The van der Waals surface area contributed by atoms with Crippen molar-refractivity contribution in [1.82, 2.24) is 20.2 Å². The Morgan fingerprint density at radius 2 is 2.16 bits per heavy atom. The molecule has 1 unspecified atom stereocenters. The van der Waals surface area contributed by atoms with Gasteiger partial charge in [-0.3, -0.25) is 15.5 Å². The van der Waals surface area contributed by atoms with Crippen molar-refractivity contribution in [2.24, 2.45) is 5.84 Å². The summed E-state index contributed by atoms with van der Waals surface area (Å²) in [5, 5.41) is 4.34. The summed E-state index contributed by atoms with van der Waals surface area (Å²) in [7, 11) is 0. The van der Waals surface area contributed by atoms with Gasteiger partial charge in [0, 0.05) is 24.5 Å². The average Bonchev–Trinajstić information content (AvgIpc) is 2.82. The van der Waals surface area contributed by atoms with E-state index < -0.39 is 0 Å². The maximum atomic E-state index is 5.70. The molecule has 0 radical (unpaired) electrons. The lowest BCUT2D eigenvalue weighted by Gasteiger charge is -2.16. The highest BCUT2D eigenvalue weighted by atomic mass is 15.3. The highest BCUT2D eigenvalue weighted by Gasteiger charge is 2.17. The van der Waals surface area contributed by atoms with Crippen LogP contribution in [-0.2, 0) is 6.54 Å². The molecule has 19 heavy (non-hydrogen) atoms. The minimum Gasteiger partial charge on any atom is -0.272 e. The molecule has 0 saturated carbocycles. The first-order chi connectivity index (χ1) is 9.15. The van der Waals surface area contributed by atoms with Crippen LogP contribution in [0.5, 0.6) is 0 Å². The molecule has 2 rings (SSSR count). The van der Waals surface area contributed by atoms with Crippen LogP contribution in [0.1, 0.15) is 41.8 Å². The number of aromatic nitrogens is 3. The van der Waals surface area contributed by atoms with Crippen LogP contribution in [0.3, 0.4) is 0 Å². The minimum atomic E-state index is -0.119. The van der Waals surface area contributed by atoms with E-state index in [0.717, 1.165) is 35.3 Å². The number of aryl methyl sites for hydroxylation is 3. The molecular formula is C14H21N5. The number of hydrazine groups is 1. The van der Waals surface area contributed by atoms with Gasteiger partial charge in [0.05, 0.1) is 17.9 Å². The zero-order chi connectivity index (χ0) is 13.8. The van der Waals surface area contributed by atoms with Gasteiger partial charge < -0.3 is 0 Å². The summed E-state index contributed by atoms with van der Waals surface area (Å²) in [6.45, 7) is 7.13. The third-order valence-corrected chi connectivity index (χ3v) is 3.13. The van der Waals surface area contributed by atoms with E-state index in [1.807, 2.05) is 30.2 Å². The van der Waals surface area contributed by atoms with E-state index in [1.165, 1.54) is 0 Å². The van der Waals surface area contributed by atoms with Crippen molar-refractivity contribution >= 4 is 0 Å². The molecule has 102 valence electrons. The third kappa shape index (κ3) is 3.00. The van der Waals surface area contributed by atoms with E-state index in [4.69, 9.17) is 5.84 Å². The van der Waals surface area contributed by atoms with Crippen LogP contribution in [0.25, 0.3) is 0 Å². The van der Waals surface area contributed by atoms with Crippen molar-refractivity contribution in [3.8, 4) is 0 Å². The zero-order valence-electron chi connectivity index (χ0n) is 11.7. The number of hydrogen-bond acceptors (Lipinski definition) is 4. The number of nitrogens with zero attached hydrogens (tertiary/aromatic N) is 3. The highest BCUT2D eigenvalue weighted by Crippen LogP contribution is 2.22. The molecule has 2 aromatic heterocycles. The van der Waals surface area contributed by atoms with Crippen molar-refractivity contribution in [2.45, 2.75) is 39.8 Å².